The zero-order valence-electron chi connectivity index (χ0n) is 74.8. The molecule has 0 amide bonds. The quantitative estimate of drug-likeness (QED) is 0.0265. The lowest BCUT2D eigenvalue weighted by atomic mass is 9.84. The third-order valence-electron chi connectivity index (χ3n) is 28.7. The summed E-state index contributed by atoms with van der Waals surface area (Å²) in [6.07, 6.45) is 48.4. The van der Waals surface area contributed by atoms with Gasteiger partial charge < -0.3 is 0 Å². The molecule has 0 atom stereocenters. The lowest BCUT2D eigenvalue weighted by Gasteiger charge is -2.20. The van der Waals surface area contributed by atoms with Gasteiger partial charge in [0, 0.05) is 0 Å². The summed E-state index contributed by atoms with van der Waals surface area (Å²) in [4.78, 5) is 0. The van der Waals surface area contributed by atoms with Crippen molar-refractivity contribution in [3.63, 3.8) is 0 Å². The number of unbranched alkanes of at least 4 members (excludes halogenated alkanes) is 24. The van der Waals surface area contributed by atoms with E-state index in [4.69, 9.17) is 0 Å². The molecule has 32 bridgehead atoms. The van der Waals surface area contributed by atoms with Crippen LogP contribution in [0.5, 0.6) is 0 Å². The molecular weight excluding hydrogens is 1440 g/mol. The molecule has 0 heteroatoms. The molecule has 16 aromatic carbocycles. The highest BCUT2D eigenvalue weighted by molar-refractivity contribution is 6.25. The van der Waals surface area contributed by atoms with Gasteiger partial charge in [-0.25, -0.2) is 0 Å². The Kier molecular flexibility index (Phi) is 26.8. The average Bonchev–Trinajstić information content (AvgIpc) is 0.743. The maximum atomic E-state index is 2.68. The fraction of sp³-hybridized carbons (Fsp3) is 0.400. The molecule has 0 aromatic heterocycles. The molecule has 0 heterocycles. The van der Waals surface area contributed by atoms with Crippen LogP contribution < -0.4 is 0 Å². The van der Waals surface area contributed by atoms with E-state index in [2.05, 4.69) is 250 Å². The van der Waals surface area contributed by atoms with Crippen LogP contribution in [0.1, 0.15) is 305 Å². The first-order valence-electron chi connectivity index (χ1n) is 49.0. The Hall–Kier alpha value is -9.36. The zero-order valence-corrected chi connectivity index (χ0v) is 74.8. The largest absolute Gasteiger partial charge is 0.0654 e. The van der Waals surface area contributed by atoms with Gasteiger partial charge in [0.1, 0.15) is 0 Å². The van der Waals surface area contributed by atoms with Gasteiger partial charge in [0.25, 0.3) is 0 Å². The van der Waals surface area contributed by atoms with Crippen LogP contribution in [0.25, 0.3) is 174 Å². The first kappa shape index (κ1) is 82.9. The van der Waals surface area contributed by atoms with Crippen LogP contribution in [-0.2, 0) is 51.4 Å². The second-order valence-electron chi connectivity index (χ2n) is 37.2. The normalized spacial score (nSPS) is 12.3. The number of hydrogen-bond donors (Lipinski definition) is 0. The highest BCUT2D eigenvalue weighted by Crippen LogP contribution is 2.48. The van der Waals surface area contributed by atoms with E-state index in [9.17, 15) is 0 Å². The summed E-state index contributed by atoms with van der Waals surface area (Å²) >= 11 is 0. The van der Waals surface area contributed by atoms with Crippen molar-refractivity contribution in [2.45, 2.75) is 312 Å². The van der Waals surface area contributed by atoms with E-state index in [0.717, 1.165) is 51.4 Å². The molecule has 0 fully saturated rings. The van der Waals surface area contributed by atoms with Crippen molar-refractivity contribution in [3.05, 3.63) is 239 Å². The van der Waals surface area contributed by atoms with E-state index >= 15 is 0 Å². The van der Waals surface area contributed by atoms with Crippen LogP contribution in [0, 0.1) is 0 Å². The molecule has 0 radical (unpaired) electrons. The van der Waals surface area contributed by atoms with E-state index in [1.54, 1.807) is 0 Å². The summed E-state index contributed by atoms with van der Waals surface area (Å²) in [5.74, 6) is 0. The summed E-state index contributed by atoms with van der Waals surface area (Å²) in [6.45, 7) is 18.9. The summed E-state index contributed by atoms with van der Waals surface area (Å²) in [5, 5.41) is 34.0. The number of aryl methyl sites for hydroxylation is 8. The lowest BCUT2D eigenvalue weighted by Crippen LogP contribution is -1.97. The molecule has 16 aromatic rings. The Balaban J connectivity index is 0.928. The predicted molar refractivity (Wildman–Crippen MR) is 535 cm³/mol. The molecule has 28 aliphatic rings. The minimum absolute atomic E-state index is 1.07. The fourth-order valence-corrected chi connectivity index (χ4v) is 21.9. The predicted octanol–water partition coefficient (Wildman–Crippen LogP) is 37.5. The lowest BCUT2D eigenvalue weighted by molar-refractivity contribution is 0.668. The Morgan fingerprint density at radius 2 is 0.292 bits per heavy atom. The SMILES string of the molecule is CCCCCCc1cc2c3ccc4cc3c(CCCCCC)cc2c2ccc(cc12)-c1ccc2c(c1)c(CCCCCC)cc1c3ccc(cc3c(CCCCCC)cc21)-c1ccc2c(c1)c(CCCCCC)cc1c3ccc(c(CCCCCC)c3ccc21)-c1ccc2c(c1)c(CCCCCC)cc1c3ccc-4cc3c(CCCCCC)cc21. The topological polar surface area (TPSA) is 0 Å². The molecule has 0 unspecified atom stereocenters. The van der Waals surface area contributed by atoms with Gasteiger partial charge in [-0.1, -0.05) is 319 Å². The molecule has 120 heavy (non-hydrogen) atoms. The maximum absolute atomic E-state index is 2.68. The maximum Gasteiger partial charge on any atom is -0.00960 e. The van der Waals surface area contributed by atoms with Gasteiger partial charge in [0.15, 0.2) is 0 Å². The Morgan fingerprint density at radius 3 is 0.533 bits per heavy atom. The smallest absolute Gasteiger partial charge is 0.00960 e. The molecule has 616 valence electrons. The number of rotatable bonds is 40. The van der Waals surface area contributed by atoms with Gasteiger partial charge in [0.2, 0.25) is 0 Å². The molecule has 44 rings (SSSR count). The van der Waals surface area contributed by atoms with Gasteiger partial charge in [-0.05, 0) is 406 Å². The Labute approximate surface area is 719 Å². The van der Waals surface area contributed by atoms with E-state index in [1.807, 2.05) is 0 Å². The molecular formula is C120H136. The highest BCUT2D eigenvalue weighted by atomic mass is 14.3. The van der Waals surface area contributed by atoms with Crippen molar-refractivity contribution < 1.29 is 0 Å². The fourth-order valence-electron chi connectivity index (χ4n) is 21.9. The van der Waals surface area contributed by atoms with Crippen molar-refractivity contribution in [2.75, 3.05) is 0 Å². The molecule has 0 spiro atoms. The van der Waals surface area contributed by atoms with Crippen molar-refractivity contribution in [3.8, 4) is 44.5 Å². The first-order chi connectivity index (χ1) is 59.2. The van der Waals surface area contributed by atoms with Crippen molar-refractivity contribution in [1.82, 2.24) is 0 Å². The van der Waals surface area contributed by atoms with Crippen LogP contribution in [0.15, 0.2) is 194 Å². The molecule has 28 aliphatic carbocycles. The van der Waals surface area contributed by atoms with Gasteiger partial charge in [-0.2, -0.15) is 0 Å². The van der Waals surface area contributed by atoms with Crippen molar-refractivity contribution in [1.29, 1.82) is 0 Å². The molecule has 0 aliphatic heterocycles. The minimum atomic E-state index is 1.07. The first-order valence-corrected chi connectivity index (χ1v) is 49.0. The van der Waals surface area contributed by atoms with Crippen LogP contribution >= 0.6 is 0 Å². The second-order valence-corrected chi connectivity index (χ2v) is 37.2. The minimum Gasteiger partial charge on any atom is -0.0654 e. The van der Waals surface area contributed by atoms with Gasteiger partial charge in [0.05, 0.1) is 0 Å². The second kappa shape index (κ2) is 38.8. The van der Waals surface area contributed by atoms with Crippen molar-refractivity contribution in [2.24, 2.45) is 0 Å². The third kappa shape index (κ3) is 17.1. The van der Waals surface area contributed by atoms with Gasteiger partial charge in [-0.15, -0.1) is 0 Å². The van der Waals surface area contributed by atoms with Crippen molar-refractivity contribution >= 4 is 129 Å². The van der Waals surface area contributed by atoms with E-state index in [1.165, 1.54) is 424 Å². The van der Waals surface area contributed by atoms with E-state index in [0.29, 0.717) is 0 Å². The van der Waals surface area contributed by atoms with E-state index < -0.39 is 0 Å². The van der Waals surface area contributed by atoms with Gasteiger partial charge >= 0.3 is 0 Å². The molecule has 0 saturated heterocycles. The number of benzene rings is 16. The van der Waals surface area contributed by atoms with Crippen LogP contribution in [-0.4, -0.2) is 0 Å². The Bertz CT molecular complexity index is 6390. The number of hydrogen-bond acceptors (Lipinski definition) is 0. The van der Waals surface area contributed by atoms with E-state index in [-0.39, 0.29) is 0 Å². The average molecular weight is 1580 g/mol. The summed E-state index contributed by atoms with van der Waals surface area (Å²) < 4.78 is 0. The molecule has 0 nitrogen and oxygen atoms in total. The molecule has 0 N–H and O–H groups in total. The Morgan fingerprint density at radius 1 is 0.125 bits per heavy atom. The van der Waals surface area contributed by atoms with Crippen LogP contribution in [0.3, 0.4) is 0 Å². The summed E-state index contributed by atoms with van der Waals surface area (Å²) in [6, 6.07) is 82.6. The monoisotopic (exact) mass is 1580 g/mol. The van der Waals surface area contributed by atoms with Crippen LogP contribution in [0.2, 0.25) is 0 Å². The summed E-state index contributed by atoms with van der Waals surface area (Å²) in [5.41, 5.74) is 22.8. The molecule has 0 saturated carbocycles. The third-order valence-corrected chi connectivity index (χ3v) is 28.7. The van der Waals surface area contributed by atoms with Gasteiger partial charge in [-0.3, -0.25) is 0 Å². The highest BCUT2D eigenvalue weighted by Gasteiger charge is 2.24. The standard InChI is InChI=1S/C120H136/c1-9-17-25-33-41-87-74-114-99-64-63-95-94-55-62-106-113(73-94)93(47-39-31-23-15-7)80-119-105-61-54-86(72-112(105)92(79-120(106)119)46-38-30-22-14-6)85-53-60-104-111(71-85)91(45-37-29-21-13-5)78-117-103-59-52-84(70-110(103)90(77-118(104)117)44-36-28-20-12-4)83-51-58-102-109(69-83)89(43-35-27-19-11-3)76-115-101-57-50-82(68-108(101)88(75-116(102)115)42-34-26-18-10-2)81-49-56-98(107(87)67-81)100(114)66-65-97(99)96(95)48-40-32-24-16-8/h49-80H,9-48H2,1-8H3. The van der Waals surface area contributed by atoms with Crippen LogP contribution in [0.4, 0.5) is 0 Å². The zero-order chi connectivity index (χ0) is 82.0. The summed E-state index contributed by atoms with van der Waals surface area (Å²) in [7, 11) is 0.